The van der Waals surface area contributed by atoms with Crippen LogP contribution in [0.5, 0.6) is 5.75 Å². The highest BCUT2D eigenvalue weighted by Gasteiger charge is 2.31. The van der Waals surface area contributed by atoms with E-state index in [0.717, 1.165) is 11.1 Å². The molecule has 1 aromatic carbocycles. The van der Waals surface area contributed by atoms with Gasteiger partial charge in [0.2, 0.25) is 0 Å². The lowest BCUT2D eigenvalue weighted by molar-refractivity contribution is -0.144. The van der Waals surface area contributed by atoms with E-state index < -0.39 is 5.97 Å². The normalized spacial score (nSPS) is 14.3. The Hall–Kier alpha value is -2.81. The second-order valence-electron chi connectivity index (χ2n) is 6.44. The number of benzene rings is 1. The average molecular weight is 357 g/mol. The van der Waals surface area contributed by atoms with Crippen molar-refractivity contribution in [3.05, 3.63) is 39.5 Å². The Balaban J connectivity index is 2.41. The number of ether oxygens (including phenoxy) is 3. The van der Waals surface area contributed by atoms with Crippen LogP contribution in [0, 0.1) is 24.2 Å². The number of nitrogens with zero attached hydrogens (tertiary/aromatic N) is 1. The van der Waals surface area contributed by atoms with Crippen LogP contribution in [0.4, 0.5) is 0 Å². The van der Waals surface area contributed by atoms with Gasteiger partial charge in [-0.2, -0.15) is 5.26 Å². The maximum atomic E-state index is 12.1. The first-order chi connectivity index (χ1) is 12.3. The molecule has 0 saturated heterocycles. The highest BCUT2D eigenvalue weighted by atomic mass is 16.5. The van der Waals surface area contributed by atoms with Crippen LogP contribution < -0.4 is 4.74 Å². The van der Waals surface area contributed by atoms with Gasteiger partial charge in [0.25, 0.3) is 0 Å². The van der Waals surface area contributed by atoms with Gasteiger partial charge in [0.05, 0.1) is 31.3 Å². The van der Waals surface area contributed by atoms with Crippen LogP contribution in [0.15, 0.2) is 11.6 Å². The molecule has 0 amide bonds. The monoisotopic (exact) mass is 357 g/mol. The molecular weight excluding hydrogens is 334 g/mol. The predicted molar refractivity (Wildman–Crippen MR) is 94.8 cm³/mol. The molecule has 1 aliphatic rings. The smallest absolute Gasteiger partial charge is 0.340 e. The van der Waals surface area contributed by atoms with E-state index in [0.29, 0.717) is 40.8 Å². The molecule has 1 heterocycles. The SMILES string of the molecule is COC(=O)[C@@H](C)C/C(C)=C/Cc1c(C#N)c2c(c(C)c1OC)COC2=O. The minimum atomic E-state index is -0.469. The molecule has 0 spiro atoms. The maximum absolute atomic E-state index is 12.1. The van der Waals surface area contributed by atoms with Crippen molar-refractivity contribution in [3.63, 3.8) is 0 Å². The number of rotatable bonds is 6. The van der Waals surface area contributed by atoms with Gasteiger partial charge in [0, 0.05) is 11.1 Å². The highest BCUT2D eigenvalue weighted by molar-refractivity contribution is 5.97. The van der Waals surface area contributed by atoms with Crippen LogP contribution in [0.1, 0.15) is 52.9 Å². The molecular formula is C20H23NO5. The lowest BCUT2D eigenvalue weighted by atomic mass is 9.90. The molecule has 0 fully saturated rings. The molecule has 0 N–H and O–H groups in total. The standard InChI is InChI=1S/C20H23NO5/c1-11(8-12(2)19(22)25-5)6-7-14-15(9-21)17-16(10-26-20(17)23)13(3)18(14)24-4/h6,12H,7-8,10H2,1-5H3/b11-6+/t12-/m0/s1. The van der Waals surface area contributed by atoms with Gasteiger partial charge in [0.15, 0.2) is 0 Å². The number of hydrogen-bond donors (Lipinski definition) is 0. The average Bonchev–Trinajstić information content (AvgIpc) is 3.01. The number of fused-ring (bicyclic) bond motifs is 1. The van der Waals surface area contributed by atoms with Crippen LogP contribution in [-0.4, -0.2) is 26.2 Å². The number of cyclic esters (lactones) is 1. The topological polar surface area (TPSA) is 85.6 Å². The summed E-state index contributed by atoms with van der Waals surface area (Å²) in [7, 11) is 2.92. The Kier molecular flexibility index (Phi) is 6.04. The Morgan fingerprint density at radius 3 is 2.69 bits per heavy atom. The third-order valence-electron chi connectivity index (χ3n) is 4.67. The Labute approximate surface area is 153 Å². The van der Waals surface area contributed by atoms with Gasteiger partial charge in [-0.25, -0.2) is 4.79 Å². The summed E-state index contributed by atoms with van der Waals surface area (Å²) in [6, 6.07) is 2.14. The van der Waals surface area contributed by atoms with Crippen molar-refractivity contribution in [3.8, 4) is 11.8 Å². The summed E-state index contributed by atoms with van der Waals surface area (Å²) in [6.07, 6.45) is 2.93. The molecule has 1 atom stereocenters. The Bertz CT molecular complexity index is 817. The maximum Gasteiger partial charge on any atom is 0.340 e. The van der Waals surface area contributed by atoms with Gasteiger partial charge in [-0.3, -0.25) is 4.79 Å². The summed E-state index contributed by atoms with van der Waals surface area (Å²) in [4.78, 5) is 23.6. The second-order valence-corrected chi connectivity index (χ2v) is 6.44. The quantitative estimate of drug-likeness (QED) is 0.574. The largest absolute Gasteiger partial charge is 0.496 e. The van der Waals surface area contributed by atoms with E-state index >= 15 is 0 Å². The van der Waals surface area contributed by atoms with E-state index in [4.69, 9.17) is 14.2 Å². The summed E-state index contributed by atoms with van der Waals surface area (Å²) < 4.78 is 15.4. The molecule has 0 saturated carbocycles. The summed E-state index contributed by atoms with van der Waals surface area (Å²) >= 11 is 0. The number of carbonyl (C=O) groups is 2. The van der Waals surface area contributed by atoms with E-state index in [-0.39, 0.29) is 18.5 Å². The molecule has 26 heavy (non-hydrogen) atoms. The van der Waals surface area contributed by atoms with Gasteiger partial charge >= 0.3 is 11.9 Å². The zero-order valence-corrected chi connectivity index (χ0v) is 15.8. The molecule has 0 aromatic heterocycles. The van der Waals surface area contributed by atoms with Gasteiger partial charge in [-0.1, -0.05) is 18.6 Å². The van der Waals surface area contributed by atoms with Crippen LogP contribution in [0.2, 0.25) is 0 Å². The first kappa shape index (κ1) is 19.5. The number of methoxy groups -OCH3 is 2. The van der Waals surface area contributed by atoms with Crippen molar-refractivity contribution in [2.45, 2.75) is 40.2 Å². The summed E-state index contributed by atoms with van der Waals surface area (Å²) in [5.74, 6) is -0.373. The van der Waals surface area contributed by atoms with E-state index in [1.54, 1.807) is 14.0 Å². The zero-order valence-electron chi connectivity index (χ0n) is 15.8. The molecule has 0 aliphatic carbocycles. The Morgan fingerprint density at radius 1 is 1.42 bits per heavy atom. The Morgan fingerprint density at radius 2 is 2.12 bits per heavy atom. The number of hydrogen-bond acceptors (Lipinski definition) is 6. The lowest BCUT2D eigenvalue weighted by Crippen LogP contribution is -2.13. The summed E-state index contributed by atoms with van der Waals surface area (Å²) in [5, 5.41) is 9.63. The second kappa shape index (κ2) is 8.05. The predicted octanol–water partition coefficient (Wildman–Crippen LogP) is 3.23. The third kappa shape index (κ3) is 3.57. The lowest BCUT2D eigenvalue weighted by Gasteiger charge is -2.16. The van der Waals surface area contributed by atoms with E-state index in [9.17, 15) is 14.9 Å². The van der Waals surface area contributed by atoms with Crippen LogP contribution in [0.3, 0.4) is 0 Å². The van der Waals surface area contributed by atoms with Gasteiger partial charge < -0.3 is 14.2 Å². The number of carbonyl (C=O) groups excluding carboxylic acids is 2. The van der Waals surface area contributed by atoms with Gasteiger partial charge in [0.1, 0.15) is 18.4 Å². The molecule has 1 aliphatic heterocycles. The van der Waals surface area contributed by atoms with Crippen molar-refractivity contribution in [1.82, 2.24) is 0 Å². The van der Waals surface area contributed by atoms with Crippen LogP contribution in [0.25, 0.3) is 0 Å². The van der Waals surface area contributed by atoms with Crippen molar-refractivity contribution < 1.29 is 23.8 Å². The van der Waals surface area contributed by atoms with Crippen molar-refractivity contribution in [2.24, 2.45) is 5.92 Å². The van der Waals surface area contributed by atoms with Gasteiger partial charge in [-0.05, 0) is 32.3 Å². The summed E-state index contributed by atoms with van der Waals surface area (Å²) in [6.45, 7) is 5.75. The number of nitriles is 1. The van der Waals surface area contributed by atoms with E-state index in [1.807, 2.05) is 19.9 Å². The molecule has 2 rings (SSSR count). The minimum Gasteiger partial charge on any atom is -0.496 e. The van der Waals surface area contributed by atoms with Crippen molar-refractivity contribution >= 4 is 11.9 Å². The van der Waals surface area contributed by atoms with Crippen molar-refractivity contribution in [1.29, 1.82) is 5.26 Å². The number of esters is 2. The van der Waals surface area contributed by atoms with E-state index in [2.05, 4.69) is 6.07 Å². The van der Waals surface area contributed by atoms with Crippen molar-refractivity contribution in [2.75, 3.05) is 14.2 Å². The molecule has 0 unspecified atom stereocenters. The third-order valence-corrected chi connectivity index (χ3v) is 4.67. The van der Waals surface area contributed by atoms with Crippen LogP contribution >= 0.6 is 0 Å². The molecule has 6 nitrogen and oxygen atoms in total. The van der Waals surface area contributed by atoms with E-state index in [1.165, 1.54) is 7.11 Å². The first-order valence-electron chi connectivity index (χ1n) is 8.38. The molecule has 6 heteroatoms. The zero-order chi connectivity index (χ0) is 19.4. The fraction of sp³-hybridized carbons (Fsp3) is 0.450. The molecule has 0 radical (unpaired) electrons. The first-order valence-corrected chi connectivity index (χ1v) is 8.38. The summed E-state index contributed by atoms with van der Waals surface area (Å²) in [5.41, 5.74) is 3.83. The van der Waals surface area contributed by atoms with Gasteiger partial charge in [-0.15, -0.1) is 0 Å². The van der Waals surface area contributed by atoms with Crippen LogP contribution in [-0.2, 0) is 27.3 Å². The fourth-order valence-electron chi connectivity index (χ4n) is 3.30. The fourth-order valence-corrected chi connectivity index (χ4v) is 3.30. The molecule has 1 aromatic rings. The highest BCUT2D eigenvalue weighted by Crippen LogP contribution is 2.37. The molecule has 0 bridgehead atoms. The minimum absolute atomic E-state index is 0.164. The number of allylic oxidation sites excluding steroid dienone is 2. The molecule has 138 valence electrons.